The second-order valence-corrected chi connectivity index (χ2v) is 11.6. The molecule has 3 aliphatic rings. The summed E-state index contributed by atoms with van der Waals surface area (Å²) in [6.45, 7) is 14.1. The van der Waals surface area contributed by atoms with Gasteiger partial charge >= 0.3 is 0 Å². The molecule has 0 bridgehead atoms. The number of hydrogen-bond acceptors (Lipinski definition) is 4. The normalized spacial score (nSPS) is 37.2. The van der Waals surface area contributed by atoms with Crippen molar-refractivity contribution < 1.29 is 20.1 Å². The molecular formula is C28H46O4. The summed E-state index contributed by atoms with van der Waals surface area (Å²) in [5.41, 5.74) is 3.01. The van der Waals surface area contributed by atoms with Crippen molar-refractivity contribution in [1.29, 1.82) is 0 Å². The third-order valence-electron chi connectivity index (χ3n) is 8.45. The molecule has 3 rings (SSSR count). The summed E-state index contributed by atoms with van der Waals surface area (Å²) in [6, 6.07) is 0. The lowest BCUT2D eigenvalue weighted by molar-refractivity contribution is 0.0209. The van der Waals surface area contributed by atoms with Crippen molar-refractivity contribution in [2.45, 2.75) is 103 Å². The highest BCUT2D eigenvalue weighted by atomic mass is 16.5. The van der Waals surface area contributed by atoms with Gasteiger partial charge in [-0.25, -0.2) is 0 Å². The van der Waals surface area contributed by atoms with Crippen molar-refractivity contribution in [3.63, 3.8) is 0 Å². The Balaban J connectivity index is 1.61. The fraction of sp³-hybridized carbons (Fsp3) is 0.786. The van der Waals surface area contributed by atoms with Crippen molar-refractivity contribution >= 4 is 0 Å². The van der Waals surface area contributed by atoms with Crippen LogP contribution in [0.25, 0.3) is 0 Å². The van der Waals surface area contributed by atoms with Gasteiger partial charge in [0.1, 0.15) is 0 Å². The summed E-state index contributed by atoms with van der Waals surface area (Å²) < 4.78 is 6.02. The van der Waals surface area contributed by atoms with Gasteiger partial charge < -0.3 is 20.1 Å². The van der Waals surface area contributed by atoms with E-state index >= 15 is 0 Å². The molecule has 0 saturated heterocycles. The van der Waals surface area contributed by atoms with E-state index in [2.05, 4.69) is 32.6 Å². The van der Waals surface area contributed by atoms with Gasteiger partial charge in [-0.1, -0.05) is 38.2 Å². The van der Waals surface area contributed by atoms with Gasteiger partial charge in [0, 0.05) is 19.6 Å². The fourth-order valence-corrected chi connectivity index (χ4v) is 6.67. The maximum atomic E-state index is 10.1. The summed E-state index contributed by atoms with van der Waals surface area (Å²) in [4.78, 5) is 0. The van der Waals surface area contributed by atoms with Crippen molar-refractivity contribution in [3.8, 4) is 0 Å². The first-order chi connectivity index (χ1) is 15.0. The van der Waals surface area contributed by atoms with Gasteiger partial charge in [-0.05, 0) is 99.5 Å². The lowest BCUT2D eigenvalue weighted by Crippen LogP contribution is -2.37. The van der Waals surface area contributed by atoms with E-state index in [1.54, 1.807) is 0 Å². The Morgan fingerprint density at radius 1 is 1.25 bits per heavy atom. The molecular weight excluding hydrogens is 400 g/mol. The highest BCUT2D eigenvalue weighted by Crippen LogP contribution is 2.59. The number of aliphatic hydroxyl groups is 3. The Morgan fingerprint density at radius 3 is 2.72 bits per heavy atom. The molecule has 4 nitrogen and oxygen atoms in total. The number of fused-ring (bicyclic) bond motifs is 1. The molecule has 0 unspecified atom stereocenters. The lowest BCUT2D eigenvalue weighted by Gasteiger charge is -2.44. The van der Waals surface area contributed by atoms with E-state index in [0.29, 0.717) is 36.0 Å². The number of hydrogen-bond donors (Lipinski definition) is 3. The maximum Gasteiger partial charge on any atom is 0.0811 e. The van der Waals surface area contributed by atoms with E-state index in [9.17, 15) is 15.3 Å². The predicted octanol–water partition coefficient (Wildman–Crippen LogP) is 5.33. The number of ether oxygens (including phenoxy) is 1. The summed E-state index contributed by atoms with van der Waals surface area (Å²) >= 11 is 0. The van der Waals surface area contributed by atoms with Gasteiger partial charge in [-0.3, -0.25) is 0 Å². The SMILES string of the molecule is C=C1/C(=C/C=C2\CCC[C@]3(C)[C@@H]([C@@H](C)COCCCC(C)(C)O)CC[C@@H]23)C[C@@H](O)C[C@@H]1O. The van der Waals surface area contributed by atoms with Gasteiger partial charge in [0.05, 0.1) is 17.8 Å². The average Bonchev–Trinajstić information content (AvgIpc) is 3.06. The van der Waals surface area contributed by atoms with Gasteiger partial charge in [0.15, 0.2) is 0 Å². The third-order valence-corrected chi connectivity index (χ3v) is 8.45. The molecule has 3 saturated carbocycles. The zero-order valence-electron chi connectivity index (χ0n) is 20.8. The number of allylic oxidation sites excluding steroid dienone is 3. The second-order valence-electron chi connectivity index (χ2n) is 11.6. The van der Waals surface area contributed by atoms with Crippen LogP contribution in [0.1, 0.15) is 85.5 Å². The number of aliphatic hydroxyl groups excluding tert-OH is 2. The van der Waals surface area contributed by atoms with Crippen molar-refractivity contribution in [2.75, 3.05) is 13.2 Å². The molecule has 0 amide bonds. The van der Waals surface area contributed by atoms with E-state index in [1.807, 2.05) is 13.8 Å². The van der Waals surface area contributed by atoms with Crippen molar-refractivity contribution in [3.05, 3.63) is 35.5 Å². The molecule has 0 aromatic carbocycles. The third kappa shape index (κ3) is 6.14. The molecule has 0 spiro atoms. The zero-order chi connectivity index (χ0) is 23.5. The topological polar surface area (TPSA) is 69.9 Å². The number of rotatable bonds is 8. The van der Waals surface area contributed by atoms with Crippen molar-refractivity contribution in [2.24, 2.45) is 23.2 Å². The van der Waals surface area contributed by atoms with E-state index < -0.39 is 17.8 Å². The monoisotopic (exact) mass is 446 g/mol. The molecule has 32 heavy (non-hydrogen) atoms. The average molecular weight is 447 g/mol. The largest absolute Gasteiger partial charge is 0.393 e. The van der Waals surface area contributed by atoms with E-state index in [1.165, 1.54) is 31.3 Å². The molecule has 6 atom stereocenters. The van der Waals surface area contributed by atoms with Gasteiger partial charge in [-0.2, -0.15) is 0 Å². The summed E-state index contributed by atoms with van der Waals surface area (Å²) in [5.74, 6) is 1.82. The predicted molar refractivity (Wildman–Crippen MR) is 130 cm³/mol. The Bertz CT molecular complexity index is 715. The van der Waals surface area contributed by atoms with Crippen molar-refractivity contribution in [1.82, 2.24) is 0 Å². The molecule has 0 aromatic rings. The first-order valence-corrected chi connectivity index (χ1v) is 12.8. The quantitative estimate of drug-likeness (QED) is 0.441. The van der Waals surface area contributed by atoms with Crippen LogP contribution in [0.2, 0.25) is 0 Å². The van der Waals surface area contributed by atoms with Crippen LogP contribution >= 0.6 is 0 Å². The minimum Gasteiger partial charge on any atom is -0.393 e. The van der Waals surface area contributed by atoms with Crippen LogP contribution in [-0.4, -0.2) is 46.3 Å². The Hall–Kier alpha value is -0.940. The highest BCUT2D eigenvalue weighted by Gasteiger charge is 2.50. The zero-order valence-corrected chi connectivity index (χ0v) is 20.8. The molecule has 0 aliphatic heterocycles. The van der Waals surface area contributed by atoms with Gasteiger partial charge in [0.25, 0.3) is 0 Å². The smallest absolute Gasteiger partial charge is 0.0811 e. The summed E-state index contributed by atoms with van der Waals surface area (Å²) in [5, 5.41) is 30.1. The molecule has 0 heterocycles. The first-order valence-electron chi connectivity index (χ1n) is 12.8. The molecule has 3 fully saturated rings. The molecule has 3 N–H and O–H groups in total. The molecule has 3 aliphatic carbocycles. The fourth-order valence-electron chi connectivity index (χ4n) is 6.67. The Morgan fingerprint density at radius 2 is 2.00 bits per heavy atom. The van der Waals surface area contributed by atoms with Gasteiger partial charge in [-0.15, -0.1) is 0 Å². The van der Waals surface area contributed by atoms with Crippen LogP contribution in [0.5, 0.6) is 0 Å². The summed E-state index contributed by atoms with van der Waals surface area (Å²) in [6.07, 6.45) is 12.1. The minimum absolute atomic E-state index is 0.320. The van der Waals surface area contributed by atoms with Crippen LogP contribution in [-0.2, 0) is 4.74 Å². The molecule has 4 heteroatoms. The van der Waals surface area contributed by atoms with Crippen LogP contribution in [0.15, 0.2) is 35.5 Å². The Labute approximate surface area is 195 Å². The van der Waals surface area contributed by atoms with Crippen LogP contribution in [0.4, 0.5) is 0 Å². The standard InChI is InChI=1S/C28H46O4/c1-19(18-32-15-7-13-27(3,4)31)24-11-12-25-21(8-6-14-28(24,25)5)9-10-22-16-23(29)17-26(30)20(22)2/h9-10,19,23-26,29-31H,2,6-8,11-18H2,1,3-5H3/b21-9+,22-10+/t19-,23+,24+,25-,26-,28+/m0/s1. The highest BCUT2D eigenvalue weighted by molar-refractivity contribution is 5.38. The maximum absolute atomic E-state index is 10.1. The molecule has 0 radical (unpaired) electrons. The van der Waals surface area contributed by atoms with Gasteiger partial charge in [0.2, 0.25) is 0 Å². The van der Waals surface area contributed by atoms with E-state index in [-0.39, 0.29) is 0 Å². The van der Waals surface area contributed by atoms with E-state index in [0.717, 1.165) is 43.6 Å². The second kappa shape index (κ2) is 10.5. The molecule has 0 aromatic heterocycles. The lowest BCUT2D eigenvalue weighted by atomic mass is 9.61. The summed E-state index contributed by atoms with van der Waals surface area (Å²) in [7, 11) is 0. The van der Waals surface area contributed by atoms with Crippen LogP contribution in [0.3, 0.4) is 0 Å². The molecule has 182 valence electrons. The minimum atomic E-state index is -0.625. The van der Waals surface area contributed by atoms with Crippen LogP contribution < -0.4 is 0 Å². The first kappa shape index (κ1) is 25.7. The van der Waals surface area contributed by atoms with E-state index in [4.69, 9.17) is 4.74 Å². The van der Waals surface area contributed by atoms with Crippen LogP contribution in [0, 0.1) is 23.2 Å². The Kier molecular flexibility index (Phi) is 8.46.